The molecule has 1 saturated carbocycles. The Kier molecular flexibility index (Phi) is 3.73. The first-order valence-corrected chi connectivity index (χ1v) is 7.76. The van der Waals surface area contributed by atoms with Crippen molar-refractivity contribution in [2.45, 2.75) is 38.5 Å². The molecule has 2 atom stereocenters. The van der Waals surface area contributed by atoms with Gasteiger partial charge in [-0.2, -0.15) is 0 Å². The summed E-state index contributed by atoms with van der Waals surface area (Å²) in [5.74, 6) is 1.50. The predicted octanol–water partition coefficient (Wildman–Crippen LogP) is 4.37. The molecule has 0 spiro atoms. The molecule has 3 rings (SSSR count). The Labute approximate surface area is 134 Å². The van der Waals surface area contributed by atoms with Crippen molar-refractivity contribution in [3.8, 4) is 0 Å². The number of anilines is 1. The minimum Gasteiger partial charge on any atom is -0.359 e. The van der Waals surface area contributed by atoms with Gasteiger partial charge in [0.05, 0.1) is 0 Å². The van der Waals surface area contributed by atoms with Gasteiger partial charge in [-0.3, -0.25) is 4.79 Å². The SMILES string of the molecule is CC(C)(C)c1cc(NC(=O)[C@@H]2C[C@H]2c2ccc(Cl)cc2)no1. The second kappa shape index (κ2) is 5.43. The Hall–Kier alpha value is -1.81. The van der Waals surface area contributed by atoms with Crippen molar-refractivity contribution in [3.05, 3.63) is 46.7 Å². The van der Waals surface area contributed by atoms with Crippen LogP contribution in [0.4, 0.5) is 5.82 Å². The van der Waals surface area contributed by atoms with Gasteiger partial charge in [-0.25, -0.2) is 0 Å². The number of hydrogen-bond acceptors (Lipinski definition) is 3. The Morgan fingerprint density at radius 1 is 1.32 bits per heavy atom. The Bertz CT molecular complexity index is 685. The van der Waals surface area contributed by atoms with Crippen LogP contribution in [0, 0.1) is 5.92 Å². The third-order valence-corrected chi connectivity index (χ3v) is 4.18. The lowest BCUT2D eigenvalue weighted by atomic mass is 9.93. The molecule has 4 nitrogen and oxygen atoms in total. The second-order valence-corrected chi connectivity index (χ2v) is 7.25. The van der Waals surface area contributed by atoms with Crippen LogP contribution in [0.2, 0.25) is 5.02 Å². The first-order valence-electron chi connectivity index (χ1n) is 7.38. The molecular weight excluding hydrogens is 300 g/mol. The molecule has 1 N–H and O–H groups in total. The molecule has 0 saturated heterocycles. The van der Waals surface area contributed by atoms with E-state index in [4.69, 9.17) is 16.1 Å². The van der Waals surface area contributed by atoms with E-state index in [0.717, 1.165) is 17.7 Å². The van der Waals surface area contributed by atoms with Crippen LogP contribution in [0.1, 0.15) is 44.4 Å². The van der Waals surface area contributed by atoms with E-state index in [9.17, 15) is 4.79 Å². The maximum absolute atomic E-state index is 12.3. The van der Waals surface area contributed by atoms with Crippen molar-refractivity contribution in [1.29, 1.82) is 0 Å². The third kappa shape index (κ3) is 3.17. The van der Waals surface area contributed by atoms with E-state index in [2.05, 4.69) is 10.5 Å². The molecule has 2 aromatic rings. The molecule has 1 aromatic carbocycles. The molecule has 5 heteroatoms. The second-order valence-electron chi connectivity index (χ2n) is 6.82. The summed E-state index contributed by atoms with van der Waals surface area (Å²) in [6, 6.07) is 9.47. The molecule has 22 heavy (non-hydrogen) atoms. The highest BCUT2D eigenvalue weighted by molar-refractivity contribution is 6.30. The lowest BCUT2D eigenvalue weighted by molar-refractivity contribution is -0.117. The number of carbonyl (C=O) groups is 1. The quantitative estimate of drug-likeness (QED) is 0.914. The fourth-order valence-electron chi connectivity index (χ4n) is 2.47. The summed E-state index contributed by atoms with van der Waals surface area (Å²) in [5, 5.41) is 7.47. The zero-order chi connectivity index (χ0) is 15.9. The molecule has 1 aliphatic carbocycles. The Morgan fingerprint density at radius 2 is 2.00 bits per heavy atom. The number of nitrogens with one attached hydrogen (secondary N) is 1. The predicted molar refractivity (Wildman–Crippen MR) is 86.1 cm³/mol. The Balaban J connectivity index is 1.62. The number of nitrogens with zero attached hydrogens (tertiary/aromatic N) is 1. The van der Waals surface area contributed by atoms with Crippen molar-refractivity contribution < 1.29 is 9.32 Å². The summed E-state index contributed by atoms with van der Waals surface area (Å²) < 4.78 is 5.28. The third-order valence-electron chi connectivity index (χ3n) is 3.93. The highest BCUT2D eigenvalue weighted by Gasteiger charge is 2.44. The largest absolute Gasteiger partial charge is 0.359 e. The minimum atomic E-state index is -0.124. The van der Waals surface area contributed by atoms with Gasteiger partial charge in [-0.15, -0.1) is 0 Å². The highest BCUT2D eigenvalue weighted by Crippen LogP contribution is 2.48. The van der Waals surface area contributed by atoms with Gasteiger partial charge in [0, 0.05) is 22.4 Å². The number of halogens is 1. The zero-order valence-corrected chi connectivity index (χ0v) is 13.6. The van der Waals surface area contributed by atoms with E-state index < -0.39 is 0 Å². The monoisotopic (exact) mass is 318 g/mol. The molecule has 0 bridgehead atoms. The van der Waals surface area contributed by atoms with Crippen LogP contribution < -0.4 is 5.32 Å². The van der Waals surface area contributed by atoms with Crippen molar-refractivity contribution in [1.82, 2.24) is 5.16 Å². The van der Waals surface area contributed by atoms with E-state index in [-0.39, 0.29) is 23.2 Å². The lowest BCUT2D eigenvalue weighted by Gasteiger charge is -2.12. The molecule has 0 aliphatic heterocycles. The number of hydrogen-bond donors (Lipinski definition) is 1. The highest BCUT2D eigenvalue weighted by atomic mass is 35.5. The maximum atomic E-state index is 12.3. The maximum Gasteiger partial charge on any atom is 0.229 e. The van der Waals surface area contributed by atoms with Gasteiger partial charge in [0.2, 0.25) is 5.91 Å². The van der Waals surface area contributed by atoms with Crippen LogP contribution in [0.15, 0.2) is 34.9 Å². The Morgan fingerprint density at radius 3 is 2.59 bits per heavy atom. The number of benzene rings is 1. The normalized spacial score (nSPS) is 20.7. The summed E-state index contributed by atoms with van der Waals surface area (Å²) in [4.78, 5) is 12.3. The summed E-state index contributed by atoms with van der Waals surface area (Å²) in [5.41, 5.74) is 1.03. The van der Waals surface area contributed by atoms with Crippen LogP contribution in [0.3, 0.4) is 0 Å². The van der Waals surface area contributed by atoms with Crippen LogP contribution in [0.25, 0.3) is 0 Å². The number of aromatic nitrogens is 1. The molecule has 1 heterocycles. The molecule has 0 unspecified atom stereocenters. The van der Waals surface area contributed by atoms with E-state index in [1.807, 2.05) is 45.0 Å². The van der Waals surface area contributed by atoms with Crippen molar-refractivity contribution in [3.63, 3.8) is 0 Å². The van der Waals surface area contributed by atoms with Gasteiger partial charge in [0.1, 0.15) is 5.76 Å². The van der Waals surface area contributed by atoms with Crippen molar-refractivity contribution in [2.24, 2.45) is 5.92 Å². The first kappa shape index (κ1) is 15.1. The molecule has 116 valence electrons. The molecule has 1 aliphatic rings. The average molecular weight is 319 g/mol. The van der Waals surface area contributed by atoms with E-state index in [0.29, 0.717) is 10.8 Å². The van der Waals surface area contributed by atoms with E-state index in [1.165, 1.54) is 0 Å². The number of rotatable bonds is 3. The number of carbonyl (C=O) groups excluding carboxylic acids is 1. The van der Waals surface area contributed by atoms with Gasteiger partial charge in [0.25, 0.3) is 0 Å². The minimum absolute atomic E-state index is 0.00374. The van der Waals surface area contributed by atoms with Crippen molar-refractivity contribution >= 4 is 23.3 Å². The molecule has 1 amide bonds. The standard InChI is InChI=1S/C17H19ClN2O2/c1-17(2,3)14-9-15(20-22-14)19-16(21)13-8-12(13)10-4-6-11(18)7-5-10/h4-7,9,12-13H,8H2,1-3H3,(H,19,20,21)/t12-,13+/m0/s1. The molecule has 0 radical (unpaired) electrons. The van der Waals surface area contributed by atoms with Gasteiger partial charge in [-0.05, 0) is 30.0 Å². The lowest BCUT2D eigenvalue weighted by Crippen LogP contribution is -2.15. The number of amides is 1. The van der Waals surface area contributed by atoms with Crippen LogP contribution in [-0.2, 0) is 10.2 Å². The molecular formula is C17H19ClN2O2. The zero-order valence-electron chi connectivity index (χ0n) is 12.9. The van der Waals surface area contributed by atoms with Gasteiger partial charge < -0.3 is 9.84 Å². The fraction of sp³-hybridized carbons (Fsp3) is 0.412. The smallest absolute Gasteiger partial charge is 0.229 e. The van der Waals surface area contributed by atoms with Gasteiger partial charge in [-0.1, -0.05) is 49.7 Å². The van der Waals surface area contributed by atoms with E-state index in [1.54, 1.807) is 6.07 Å². The van der Waals surface area contributed by atoms with Crippen LogP contribution >= 0.6 is 11.6 Å². The first-order chi connectivity index (χ1) is 10.3. The summed E-state index contributed by atoms with van der Waals surface area (Å²) >= 11 is 5.88. The average Bonchev–Trinajstić information content (AvgIpc) is 3.10. The fourth-order valence-corrected chi connectivity index (χ4v) is 2.60. The molecule has 1 aromatic heterocycles. The van der Waals surface area contributed by atoms with Gasteiger partial charge >= 0.3 is 0 Å². The van der Waals surface area contributed by atoms with Gasteiger partial charge in [0.15, 0.2) is 5.82 Å². The summed E-state index contributed by atoms with van der Waals surface area (Å²) in [6.07, 6.45) is 0.859. The van der Waals surface area contributed by atoms with E-state index >= 15 is 0 Å². The summed E-state index contributed by atoms with van der Waals surface area (Å²) in [7, 11) is 0. The van der Waals surface area contributed by atoms with Crippen molar-refractivity contribution in [2.75, 3.05) is 5.32 Å². The topological polar surface area (TPSA) is 55.1 Å². The molecule has 1 fully saturated rings. The van der Waals surface area contributed by atoms with Crippen LogP contribution in [-0.4, -0.2) is 11.1 Å². The van der Waals surface area contributed by atoms with Crippen LogP contribution in [0.5, 0.6) is 0 Å². The summed E-state index contributed by atoms with van der Waals surface area (Å²) in [6.45, 7) is 6.11.